The molecule has 2 heterocycles. The van der Waals surface area contributed by atoms with Gasteiger partial charge in [-0.25, -0.2) is 0 Å². The Morgan fingerprint density at radius 2 is 2.19 bits per heavy atom. The van der Waals surface area contributed by atoms with Gasteiger partial charge in [-0.15, -0.1) is 11.6 Å². The van der Waals surface area contributed by atoms with Gasteiger partial charge >= 0.3 is 0 Å². The van der Waals surface area contributed by atoms with E-state index in [2.05, 4.69) is 41.2 Å². The van der Waals surface area contributed by atoms with Crippen molar-refractivity contribution >= 4 is 22.5 Å². The van der Waals surface area contributed by atoms with Gasteiger partial charge in [-0.1, -0.05) is 18.2 Å². The van der Waals surface area contributed by atoms with Crippen molar-refractivity contribution in [3.63, 3.8) is 0 Å². The number of H-pyrrole nitrogens is 1. The molecule has 0 aliphatic carbocycles. The molecule has 1 aliphatic heterocycles. The summed E-state index contributed by atoms with van der Waals surface area (Å²) < 4.78 is 0. The minimum atomic E-state index is 0.0960. The number of nitrogens with zero attached hydrogens (tertiary/aromatic N) is 1. The fourth-order valence-electron chi connectivity index (χ4n) is 2.53. The van der Waals surface area contributed by atoms with Crippen LogP contribution in [0.2, 0.25) is 0 Å². The summed E-state index contributed by atoms with van der Waals surface area (Å²) in [7, 11) is 2.13. The summed E-state index contributed by atoms with van der Waals surface area (Å²) in [6.07, 6.45) is 1.06. The Labute approximate surface area is 100 Å². The molecule has 1 N–H and O–H groups in total. The van der Waals surface area contributed by atoms with Crippen molar-refractivity contribution in [2.75, 3.05) is 20.1 Å². The highest BCUT2D eigenvalue weighted by atomic mass is 35.5. The van der Waals surface area contributed by atoms with Crippen LogP contribution in [0.1, 0.15) is 16.6 Å². The molecule has 0 saturated carbocycles. The monoisotopic (exact) mass is 234 g/mol. The normalized spacial score (nSPS) is 22.0. The molecule has 1 unspecified atom stereocenters. The lowest BCUT2D eigenvalue weighted by Crippen LogP contribution is -2.22. The van der Waals surface area contributed by atoms with Crippen LogP contribution in [-0.4, -0.2) is 30.0 Å². The number of alkyl halides is 1. The quantitative estimate of drug-likeness (QED) is 0.695. The molecule has 0 bridgehead atoms. The smallest absolute Gasteiger partial charge is 0.0735 e. The third-order valence-corrected chi connectivity index (χ3v) is 3.71. The van der Waals surface area contributed by atoms with Crippen molar-refractivity contribution in [3.8, 4) is 0 Å². The summed E-state index contributed by atoms with van der Waals surface area (Å²) in [6, 6.07) is 8.42. The highest BCUT2D eigenvalue weighted by Crippen LogP contribution is 2.34. The van der Waals surface area contributed by atoms with Crippen molar-refractivity contribution in [2.24, 2.45) is 0 Å². The molecule has 3 rings (SSSR count). The summed E-state index contributed by atoms with van der Waals surface area (Å²) in [5.41, 5.74) is 3.83. The largest absolute Gasteiger partial charge is 0.358 e. The van der Waals surface area contributed by atoms with Crippen molar-refractivity contribution in [3.05, 3.63) is 35.5 Å². The molecule has 0 saturated heterocycles. The van der Waals surface area contributed by atoms with Gasteiger partial charge in [-0.3, -0.25) is 0 Å². The van der Waals surface area contributed by atoms with E-state index in [0.717, 1.165) is 19.5 Å². The Morgan fingerprint density at radius 1 is 1.38 bits per heavy atom. The number of aromatic amines is 1. The van der Waals surface area contributed by atoms with Crippen LogP contribution >= 0.6 is 11.6 Å². The van der Waals surface area contributed by atoms with Gasteiger partial charge in [0.05, 0.1) is 5.38 Å². The van der Waals surface area contributed by atoms with E-state index in [0.29, 0.717) is 0 Å². The minimum Gasteiger partial charge on any atom is -0.358 e. The minimum absolute atomic E-state index is 0.0960. The summed E-state index contributed by atoms with van der Waals surface area (Å²) in [6.45, 7) is 2.00. The predicted molar refractivity (Wildman–Crippen MR) is 68.1 cm³/mol. The van der Waals surface area contributed by atoms with Crippen LogP contribution in [0.5, 0.6) is 0 Å². The maximum absolute atomic E-state index is 6.51. The van der Waals surface area contributed by atoms with Gasteiger partial charge in [0.2, 0.25) is 0 Å². The molecule has 1 atom stereocenters. The molecule has 3 heteroatoms. The summed E-state index contributed by atoms with van der Waals surface area (Å²) >= 11 is 6.51. The molecule has 0 spiro atoms. The lowest BCUT2D eigenvalue weighted by molar-refractivity contribution is 0.348. The Hall–Kier alpha value is -0.990. The standard InChI is InChI=1S/C13H15ClN2/c1-16-7-6-12-13(10(14)8-16)9-4-2-3-5-11(9)15-12/h2-5,10,15H,6-8H2,1H3. The second-order valence-corrected chi connectivity index (χ2v) is 5.07. The summed E-state index contributed by atoms with van der Waals surface area (Å²) in [5, 5.41) is 1.38. The highest BCUT2D eigenvalue weighted by Gasteiger charge is 2.23. The molecular formula is C13H15ClN2. The third kappa shape index (κ3) is 1.53. The van der Waals surface area contributed by atoms with Crippen molar-refractivity contribution in [2.45, 2.75) is 11.8 Å². The first-order chi connectivity index (χ1) is 7.75. The number of halogens is 1. The van der Waals surface area contributed by atoms with Crippen LogP contribution in [0.4, 0.5) is 0 Å². The first-order valence-electron chi connectivity index (χ1n) is 5.68. The van der Waals surface area contributed by atoms with E-state index in [1.807, 2.05) is 0 Å². The predicted octanol–water partition coefficient (Wildman–Crippen LogP) is 2.94. The zero-order valence-corrected chi connectivity index (χ0v) is 10.1. The Kier molecular flexibility index (Phi) is 2.41. The van der Waals surface area contributed by atoms with Gasteiger partial charge < -0.3 is 9.88 Å². The zero-order chi connectivity index (χ0) is 11.1. The molecule has 1 aromatic heterocycles. The fourth-order valence-corrected chi connectivity index (χ4v) is 3.02. The highest BCUT2D eigenvalue weighted by molar-refractivity contribution is 6.22. The van der Waals surface area contributed by atoms with Gasteiger partial charge in [0.25, 0.3) is 0 Å². The number of fused-ring (bicyclic) bond motifs is 3. The van der Waals surface area contributed by atoms with Gasteiger partial charge in [-0.2, -0.15) is 0 Å². The zero-order valence-electron chi connectivity index (χ0n) is 9.33. The number of aromatic nitrogens is 1. The van der Waals surface area contributed by atoms with Gasteiger partial charge in [0, 0.05) is 36.1 Å². The molecule has 2 nitrogen and oxygen atoms in total. The van der Waals surface area contributed by atoms with Crippen molar-refractivity contribution in [1.29, 1.82) is 0 Å². The van der Waals surface area contributed by atoms with Crippen LogP contribution < -0.4 is 0 Å². The Morgan fingerprint density at radius 3 is 3.06 bits per heavy atom. The van der Waals surface area contributed by atoms with Crippen molar-refractivity contribution < 1.29 is 0 Å². The summed E-state index contributed by atoms with van der Waals surface area (Å²) in [5.74, 6) is 0. The fraction of sp³-hybridized carbons (Fsp3) is 0.385. The maximum Gasteiger partial charge on any atom is 0.0735 e. The molecule has 2 aromatic rings. The number of likely N-dealkylation sites (N-methyl/N-ethyl adjacent to an activating group) is 1. The van der Waals surface area contributed by atoms with Crippen LogP contribution in [0.3, 0.4) is 0 Å². The van der Waals surface area contributed by atoms with E-state index in [1.54, 1.807) is 0 Å². The lowest BCUT2D eigenvalue weighted by atomic mass is 10.1. The molecule has 16 heavy (non-hydrogen) atoms. The van der Waals surface area contributed by atoms with Crippen LogP contribution in [0.25, 0.3) is 10.9 Å². The SMILES string of the molecule is CN1CCc2[nH]c3ccccc3c2C(Cl)C1. The Bertz CT molecular complexity index is 518. The average Bonchev–Trinajstić information content (AvgIpc) is 2.57. The molecule has 0 radical (unpaired) electrons. The number of hydrogen-bond acceptors (Lipinski definition) is 1. The van der Waals surface area contributed by atoms with Gasteiger partial charge in [-0.05, 0) is 18.7 Å². The topological polar surface area (TPSA) is 19.0 Å². The lowest BCUT2D eigenvalue weighted by Gasteiger charge is -2.15. The van der Waals surface area contributed by atoms with E-state index in [1.165, 1.54) is 22.2 Å². The van der Waals surface area contributed by atoms with Crippen molar-refractivity contribution in [1.82, 2.24) is 9.88 Å². The van der Waals surface area contributed by atoms with E-state index >= 15 is 0 Å². The van der Waals surface area contributed by atoms with E-state index < -0.39 is 0 Å². The van der Waals surface area contributed by atoms with Crippen LogP contribution in [0.15, 0.2) is 24.3 Å². The molecule has 1 aliphatic rings. The number of rotatable bonds is 0. The molecule has 0 amide bonds. The molecule has 0 fully saturated rings. The first-order valence-corrected chi connectivity index (χ1v) is 6.11. The maximum atomic E-state index is 6.51. The van der Waals surface area contributed by atoms with Gasteiger partial charge in [0.1, 0.15) is 0 Å². The first kappa shape index (κ1) is 10.2. The second-order valence-electron chi connectivity index (χ2n) is 4.54. The van der Waals surface area contributed by atoms with E-state index in [-0.39, 0.29) is 5.38 Å². The number of benzene rings is 1. The molecular weight excluding hydrogens is 220 g/mol. The number of hydrogen-bond donors (Lipinski definition) is 1. The molecule has 84 valence electrons. The average molecular weight is 235 g/mol. The Balaban J connectivity index is 2.20. The number of para-hydroxylation sites is 1. The number of nitrogens with one attached hydrogen (secondary N) is 1. The van der Waals surface area contributed by atoms with Gasteiger partial charge in [0.15, 0.2) is 0 Å². The van der Waals surface area contributed by atoms with Crippen LogP contribution in [-0.2, 0) is 6.42 Å². The third-order valence-electron chi connectivity index (χ3n) is 3.36. The van der Waals surface area contributed by atoms with E-state index in [9.17, 15) is 0 Å². The molecule has 1 aromatic carbocycles. The van der Waals surface area contributed by atoms with Crippen LogP contribution in [0, 0.1) is 0 Å². The second kappa shape index (κ2) is 3.79. The summed E-state index contributed by atoms with van der Waals surface area (Å²) in [4.78, 5) is 5.79. The van der Waals surface area contributed by atoms with E-state index in [4.69, 9.17) is 11.6 Å².